The Morgan fingerprint density at radius 2 is 1.77 bits per heavy atom. The van der Waals surface area contributed by atoms with Crippen LogP contribution in [0.5, 0.6) is 0 Å². The van der Waals surface area contributed by atoms with Crippen LogP contribution in [0.25, 0.3) is 11.3 Å². The average Bonchev–Trinajstić information content (AvgIpc) is 2.66. The molecule has 0 atom stereocenters. The molecule has 0 radical (unpaired) electrons. The predicted octanol–water partition coefficient (Wildman–Crippen LogP) is 5.57. The molecule has 0 saturated heterocycles. The van der Waals surface area contributed by atoms with E-state index in [1.54, 1.807) is 6.20 Å². The van der Waals surface area contributed by atoms with Crippen LogP contribution in [0, 0.1) is 13.8 Å². The molecule has 0 spiro atoms. The molecule has 1 amide bonds. The maximum Gasteiger partial charge on any atom is 0.257 e. The summed E-state index contributed by atoms with van der Waals surface area (Å²) in [5.74, 6) is -0.145. The van der Waals surface area contributed by atoms with Gasteiger partial charge < -0.3 is 5.32 Å². The molecule has 26 heavy (non-hydrogen) atoms. The fourth-order valence-electron chi connectivity index (χ4n) is 2.95. The van der Waals surface area contributed by atoms with Crippen molar-refractivity contribution in [1.82, 2.24) is 4.98 Å². The minimum absolute atomic E-state index is 0.145. The van der Waals surface area contributed by atoms with Crippen LogP contribution in [0.4, 0.5) is 5.69 Å². The van der Waals surface area contributed by atoms with E-state index in [4.69, 9.17) is 0 Å². The zero-order valence-corrected chi connectivity index (χ0v) is 15.5. The fourth-order valence-corrected chi connectivity index (χ4v) is 2.95. The number of anilines is 1. The summed E-state index contributed by atoms with van der Waals surface area (Å²) in [6.45, 7) is 6.29. The van der Waals surface area contributed by atoms with Gasteiger partial charge in [0, 0.05) is 17.4 Å². The number of amides is 1. The second-order valence-corrected chi connectivity index (χ2v) is 6.65. The van der Waals surface area contributed by atoms with Crippen molar-refractivity contribution in [2.45, 2.75) is 33.6 Å². The molecule has 1 N–H and O–H groups in total. The van der Waals surface area contributed by atoms with Crippen molar-refractivity contribution < 1.29 is 4.79 Å². The van der Waals surface area contributed by atoms with E-state index in [0.717, 1.165) is 29.8 Å². The molecule has 0 fully saturated rings. The normalized spacial score (nSPS) is 10.6. The van der Waals surface area contributed by atoms with Crippen LogP contribution in [0.1, 0.15) is 40.4 Å². The fraction of sp³-hybridized carbons (Fsp3) is 0.217. The minimum Gasteiger partial charge on any atom is -0.322 e. The first kappa shape index (κ1) is 17.9. The summed E-state index contributed by atoms with van der Waals surface area (Å²) in [5.41, 5.74) is 6.98. The van der Waals surface area contributed by atoms with Crippen molar-refractivity contribution in [3.63, 3.8) is 0 Å². The second kappa shape index (κ2) is 7.96. The lowest BCUT2D eigenvalue weighted by Gasteiger charge is -2.09. The minimum atomic E-state index is -0.145. The highest BCUT2D eigenvalue weighted by molar-refractivity contribution is 6.04. The Kier molecular flexibility index (Phi) is 5.47. The van der Waals surface area contributed by atoms with Crippen LogP contribution in [0.15, 0.2) is 60.8 Å². The second-order valence-electron chi connectivity index (χ2n) is 6.65. The summed E-state index contributed by atoms with van der Waals surface area (Å²) >= 11 is 0. The standard InChI is InChI=1S/C23H24N2O/c1-4-5-18-8-11-20(12-9-18)25-23(26)19-10-13-22(24-15-19)21-14-16(2)6-7-17(21)3/h6-15H,4-5H2,1-3H3,(H,25,26). The third-order valence-electron chi connectivity index (χ3n) is 4.45. The van der Waals surface area contributed by atoms with Crippen LogP contribution >= 0.6 is 0 Å². The molecule has 1 heterocycles. The van der Waals surface area contributed by atoms with E-state index in [1.807, 2.05) is 24.3 Å². The van der Waals surface area contributed by atoms with Crippen molar-refractivity contribution in [3.8, 4) is 11.3 Å². The first-order valence-corrected chi connectivity index (χ1v) is 9.01. The van der Waals surface area contributed by atoms with Crippen LogP contribution in [-0.4, -0.2) is 10.9 Å². The van der Waals surface area contributed by atoms with Crippen LogP contribution in [0.2, 0.25) is 0 Å². The van der Waals surface area contributed by atoms with Crippen LogP contribution in [-0.2, 0) is 6.42 Å². The van der Waals surface area contributed by atoms with Crippen molar-refractivity contribution in [3.05, 3.63) is 83.0 Å². The number of benzene rings is 2. The number of aryl methyl sites for hydroxylation is 3. The summed E-state index contributed by atoms with van der Waals surface area (Å²) in [6.07, 6.45) is 3.81. The summed E-state index contributed by atoms with van der Waals surface area (Å²) in [7, 11) is 0. The topological polar surface area (TPSA) is 42.0 Å². The van der Waals surface area contributed by atoms with E-state index in [0.29, 0.717) is 5.56 Å². The van der Waals surface area contributed by atoms with Gasteiger partial charge in [0.05, 0.1) is 11.3 Å². The Morgan fingerprint density at radius 3 is 2.42 bits per heavy atom. The number of hydrogen-bond acceptors (Lipinski definition) is 2. The van der Waals surface area contributed by atoms with Gasteiger partial charge in [-0.2, -0.15) is 0 Å². The molecule has 0 bridgehead atoms. The van der Waals surface area contributed by atoms with E-state index in [-0.39, 0.29) is 5.91 Å². The largest absolute Gasteiger partial charge is 0.322 e. The van der Waals surface area contributed by atoms with Gasteiger partial charge in [-0.25, -0.2) is 0 Å². The molecule has 2 aromatic carbocycles. The first-order valence-electron chi connectivity index (χ1n) is 9.01. The van der Waals surface area contributed by atoms with Gasteiger partial charge in [-0.3, -0.25) is 9.78 Å². The Hall–Kier alpha value is -2.94. The highest BCUT2D eigenvalue weighted by Crippen LogP contribution is 2.23. The number of pyridine rings is 1. The molecule has 3 rings (SSSR count). The molecule has 0 aliphatic rings. The molecule has 1 aromatic heterocycles. The zero-order valence-electron chi connectivity index (χ0n) is 15.5. The number of hydrogen-bond donors (Lipinski definition) is 1. The van der Waals surface area contributed by atoms with Gasteiger partial charge in [0.15, 0.2) is 0 Å². The maximum atomic E-state index is 12.4. The lowest BCUT2D eigenvalue weighted by molar-refractivity contribution is 0.102. The van der Waals surface area contributed by atoms with Crippen LogP contribution < -0.4 is 5.32 Å². The van der Waals surface area contributed by atoms with Gasteiger partial charge in [0.2, 0.25) is 0 Å². The summed E-state index contributed by atoms with van der Waals surface area (Å²) in [6, 6.07) is 18.0. The lowest BCUT2D eigenvalue weighted by atomic mass is 10.0. The van der Waals surface area contributed by atoms with Gasteiger partial charge in [0.1, 0.15) is 0 Å². The third kappa shape index (κ3) is 4.17. The molecule has 0 unspecified atom stereocenters. The SMILES string of the molecule is CCCc1ccc(NC(=O)c2ccc(-c3cc(C)ccc3C)nc2)cc1. The molecule has 132 valence electrons. The van der Waals surface area contributed by atoms with Gasteiger partial charge in [-0.1, -0.05) is 43.2 Å². The smallest absolute Gasteiger partial charge is 0.257 e. The number of aromatic nitrogens is 1. The molecule has 0 aliphatic heterocycles. The van der Waals surface area contributed by atoms with Crippen molar-refractivity contribution in [2.24, 2.45) is 0 Å². The van der Waals surface area contributed by atoms with E-state index in [2.05, 4.69) is 61.4 Å². The van der Waals surface area contributed by atoms with Gasteiger partial charge in [-0.05, 0) is 61.7 Å². The van der Waals surface area contributed by atoms with E-state index in [1.165, 1.54) is 16.7 Å². The Morgan fingerprint density at radius 1 is 1.00 bits per heavy atom. The number of carbonyl (C=O) groups is 1. The van der Waals surface area contributed by atoms with Crippen molar-refractivity contribution in [2.75, 3.05) is 5.32 Å². The quantitative estimate of drug-likeness (QED) is 0.657. The number of rotatable bonds is 5. The molecule has 0 aliphatic carbocycles. The zero-order chi connectivity index (χ0) is 18.5. The Bertz CT molecular complexity index is 896. The summed E-state index contributed by atoms with van der Waals surface area (Å²) in [4.78, 5) is 16.9. The third-order valence-corrected chi connectivity index (χ3v) is 4.45. The van der Waals surface area contributed by atoms with Gasteiger partial charge in [-0.15, -0.1) is 0 Å². The van der Waals surface area contributed by atoms with Crippen LogP contribution in [0.3, 0.4) is 0 Å². The highest BCUT2D eigenvalue weighted by atomic mass is 16.1. The van der Waals surface area contributed by atoms with E-state index in [9.17, 15) is 4.79 Å². The van der Waals surface area contributed by atoms with E-state index < -0.39 is 0 Å². The average molecular weight is 344 g/mol. The molecule has 3 heteroatoms. The molecular formula is C23H24N2O. The lowest BCUT2D eigenvalue weighted by Crippen LogP contribution is -2.12. The monoisotopic (exact) mass is 344 g/mol. The first-order chi connectivity index (χ1) is 12.6. The Balaban J connectivity index is 1.73. The molecular weight excluding hydrogens is 320 g/mol. The summed E-state index contributed by atoms with van der Waals surface area (Å²) < 4.78 is 0. The number of nitrogens with zero attached hydrogens (tertiary/aromatic N) is 1. The van der Waals surface area contributed by atoms with Gasteiger partial charge in [0.25, 0.3) is 5.91 Å². The van der Waals surface area contributed by atoms with Crippen molar-refractivity contribution >= 4 is 11.6 Å². The molecule has 3 aromatic rings. The number of carbonyl (C=O) groups excluding carboxylic acids is 1. The highest BCUT2D eigenvalue weighted by Gasteiger charge is 2.09. The summed E-state index contributed by atoms with van der Waals surface area (Å²) in [5, 5.41) is 2.93. The van der Waals surface area contributed by atoms with Crippen molar-refractivity contribution in [1.29, 1.82) is 0 Å². The Labute approximate surface area is 155 Å². The molecule has 3 nitrogen and oxygen atoms in total. The van der Waals surface area contributed by atoms with Gasteiger partial charge >= 0.3 is 0 Å². The predicted molar refractivity (Wildman–Crippen MR) is 108 cm³/mol. The molecule has 0 saturated carbocycles. The maximum absolute atomic E-state index is 12.4. The van der Waals surface area contributed by atoms with E-state index >= 15 is 0 Å². The number of nitrogens with one attached hydrogen (secondary N) is 1.